The van der Waals surface area contributed by atoms with Crippen molar-refractivity contribution >= 4 is 25.5 Å². The van der Waals surface area contributed by atoms with E-state index in [0.717, 1.165) is 6.26 Å². The van der Waals surface area contributed by atoms with E-state index in [1.165, 1.54) is 24.3 Å². The highest BCUT2D eigenvalue weighted by Gasteiger charge is 2.13. The van der Waals surface area contributed by atoms with E-state index in [0.29, 0.717) is 5.56 Å². The Morgan fingerprint density at radius 1 is 1.15 bits per heavy atom. The maximum Gasteiger partial charge on any atom is 0.175 e. The minimum Gasteiger partial charge on any atom is -0.294 e. The van der Waals surface area contributed by atoms with E-state index < -0.39 is 19.7 Å². The second-order valence-corrected chi connectivity index (χ2v) is 9.05. The molecule has 0 atom stereocenters. The fourth-order valence-corrected chi connectivity index (χ4v) is 3.18. The largest absolute Gasteiger partial charge is 0.294 e. The SMILES string of the molecule is CCS(=O)(=O)CCCC(=O)c1cccc(S(C)(=O)=O)c1. The molecular formula is C13H18O5S2. The van der Waals surface area contributed by atoms with E-state index in [-0.39, 0.29) is 35.0 Å². The molecule has 0 amide bonds. The average molecular weight is 318 g/mol. The molecule has 1 aromatic carbocycles. The van der Waals surface area contributed by atoms with Crippen LogP contribution in [-0.4, -0.2) is 40.4 Å². The smallest absolute Gasteiger partial charge is 0.175 e. The topological polar surface area (TPSA) is 85.3 Å². The fourth-order valence-electron chi connectivity index (χ4n) is 1.64. The minimum absolute atomic E-state index is 0.0268. The first-order valence-electron chi connectivity index (χ1n) is 6.19. The Kier molecular flexibility index (Phi) is 5.47. The second-order valence-electron chi connectivity index (χ2n) is 4.56. The van der Waals surface area contributed by atoms with E-state index in [9.17, 15) is 21.6 Å². The molecule has 0 unspecified atom stereocenters. The van der Waals surface area contributed by atoms with E-state index in [1.54, 1.807) is 6.92 Å². The van der Waals surface area contributed by atoms with Gasteiger partial charge in [-0.2, -0.15) is 0 Å². The number of hydrogen-bond donors (Lipinski definition) is 0. The summed E-state index contributed by atoms with van der Waals surface area (Å²) in [5.74, 6) is -0.215. The Hall–Kier alpha value is -1.21. The number of benzene rings is 1. The standard InChI is InChI=1S/C13H18O5S2/c1-3-20(17,18)9-5-8-13(14)11-6-4-7-12(10-11)19(2,15)16/h4,6-7,10H,3,5,8-9H2,1-2H3. The highest BCUT2D eigenvalue weighted by atomic mass is 32.2. The molecule has 0 bridgehead atoms. The number of Topliss-reactive ketones (excluding diaryl/α,β-unsaturated/α-hetero) is 1. The number of carbonyl (C=O) groups excluding carboxylic acids is 1. The Morgan fingerprint density at radius 2 is 1.80 bits per heavy atom. The second kappa shape index (κ2) is 6.49. The summed E-state index contributed by atoms with van der Waals surface area (Å²) < 4.78 is 45.4. The normalized spacial score (nSPS) is 12.3. The van der Waals surface area contributed by atoms with Gasteiger partial charge in [-0.1, -0.05) is 19.1 Å². The third kappa shape index (κ3) is 5.05. The van der Waals surface area contributed by atoms with Crippen LogP contribution in [0.25, 0.3) is 0 Å². The van der Waals surface area contributed by atoms with Gasteiger partial charge in [0.05, 0.1) is 10.6 Å². The van der Waals surface area contributed by atoms with Crippen LogP contribution < -0.4 is 0 Å². The zero-order valence-electron chi connectivity index (χ0n) is 11.5. The fraction of sp³-hybridized carbons (Fsp3) is 0.462. The first-order valence-corrected chi connectivity index (χ1v) is 9.91. The first kappa shape index (κ1) is 16.8. The van der Waals surface area contributed by atoms with Crippen molar-refractivity contribution in [2.24, 2.45) is 0 Å². The monoisotopic (exact) mass is 318 g/mol. The van der Waals surface area contributed by atoms with Gasteiger partial charge < -0.3 is 0 Å². The van der Waals surface area contributed by atoms with Gasteiger partial charge in [0.2, 0.25) is 0 Å². The van der Waals surface area contributed by atoms with E-state index in [2.05, 4.69) is 0 Å². The molecule has 5 nitrogen and oxygen atoms in total. The summed E-state index contributed by atoms with van der Waals surface area (Å²) in [7, 11) is -6.43. The van der Waals surface area contributed by atoms with Gasteiger partial charge in [0.25, 0.3) is 0 Å². The minimum atomic E-state index is -3.35. The molecule has 0 radical (unpaired) electrons. The van der Waals surface area contributed by atoms with Crippen molar-refractivity contribution < 1.29 is 21.6 Å². The zero-order valence-corrected chi connectivity index (χ0v) is 13.1. The van der Waals surface area contributed by atoms with Gasteiger partial charge in [-0.25, -0.2) is 16.8 Å². The molecule has 7 heteroatoms. The zero-order chi connectivity index (χ0) is 15.4. The Balaban J connectivity index is 2.74. The molecule has 0 aliphatic rings. The highest BCUT2D eigenvalue weighted by Crippen LogP contribution is 2.14. The Morgan fingerprint density at radius 3 is 2.35 bits per heavy atom. The molecule has 0 N–H and O–H groups in total. The molecule has 0 saturated carbocycles. The van der Waals surface area contributed by atoms with Crippen molar-refractivity contribution in [1.82, 2.24) is 0 Å². The first-order chi connectivity index (χ1) is 9.15. The van der Waals surface area contributed by atoms with Gasteiger partial charge in [-0.05, 0) is 18.6 Å². The summed E-state index contributed by atoms with van der Waals surface area (Å²) in [5, 5.41) is 0. The van der Waals surface area contributed by atoms with Gasteiger partial charge >= 0.3 is 0 Å². The molecule has 0 spiro atoms. The number of sulfone groups is 2. The van der Waals surface area contributed by atoms with Crippen LogP contribution in [0.2, 0.25) is 0 Å². The van der Waals surface area contributed by atoms with Crippen LogP contribution in [-0.2, 0) is 19.7 Å². The van der Waals surface area contributed by atoms with Gasteiger partial charge in [0, 0.05) is 24.0 Å². The lowest BCUT2D eigenvalue weighted by Gasteiger charge is -2.04. The van der Waals surface area contributed by atoms with E-state index in [1.807, 2.05) is 0 Å². The number of hydrogen-bond acceptors (Lipinski definition) is 5. The summed E-state index contributed by atoms with van der Waals surface area (Å²) in [6.45, 7) is 1.56. The van der Waals surface area contributed by atoms with Crippen molar-refractivity contribution in [1.29, 1.82) is 0 Å². The molecule has 1 rings (SSSR count). The van der Waals surface area contributed by atoms with Crippen molar-refractivity contribution in [3.63, 3.8) is 0 Å². The number of rotatable bonds is 7. The third-order valence-corrected chi connectivity index (χ3v) is 5.78. The molecule has 0 aliphatic carbocycles. The van der Waals surface area contributed by atoms with Gasteiger partial charge in [0.15, 0.2) is 15.6 Å². The van der Waals surface area contributed by atoms with Crippen molar-refractivity contribution in [3.8, 4) is 0 Å². The summed E-state index contributed by atoms with van der Waals surface area (Å²) in [6, 6.07) is 5.79. The number of carbonyl (C=O) groups is 1. The quantitative estimate of drug-likeness (QED) is 0.711. The predicted octanol–water partition coefficient (Wildman–Crippen LogP) is 1.49. The predicted molar refractivity (Wildman–Crippen MR) is 77.4 cm³/mol. The average Bonchev–Trinajstić information content (AvgIpc) is 2.37. The Labute approximate surface area is 119 Å². The molecule has 0 aromatic heterocycles. The summed E-state index contributed by atoms with van der Waals surface area (Å²) in [4.78, 5) is 12.0. The van der Waals surface area contributed by atoms with Crippen LogP contribution in [0.15, 0.2) is 29.2 Å². The maximum absolute atomic E-state index is 11.9. The highest BCUT2D eigenvalue weighted by molar-refractivity contribution is 7.91. The van der Waals surface area contributed by atoms with E-state index >= 15 is 0 Å². The molecular weight excluding hydrogens is 300 g/mol. The lowest BCUT2D eigenvalue weighted by atomic mass is 10.1. The molecule has 0 saturated heterocycles. The van der Waals surface area contributed by atoms with Crippen LogP contribution in [0.5, 0.6) is 0 Å². The maximum atomic E-state index is 11.9. The summed E-state index contributed by atoms with van der Waals surface area (Å²) >= 11 is 0. The van der Waals surface area contributed by atoms with Gasteiger partial charge in [-0.3, -0.25) is 4.79 Å². The molecule has 0 heterocycles. The van der Waals surface area contributed by atoms with Gasteiger partial charge in [0.1, 0.15) is 9.84 Å². The van der Waals surface area contributed by atoms with Crippen LogP contribution >= 0.6 is 0 Å². The third-order valence-electron chi connectivity index (χ3n) is 2.88. The summed E-state index contributed by atoms with van der Waals surface area (Å²) in [5.41, 5.74) is 0.293. The molecule has 1 aromatic rings. The molecule has 0 aliphatic heterocycles. The summed E-state index contributed by atoms with van der Waals surface area (Å²) in [6.07, 6.45) is 1.41. The van der Waals surface area contributed by atoms with Crippen LogP contribution in [0.3, 0.4) is 0 Å². The van der Waals surface area contributed by atoms with Crippen LogP contribution in [0.4, 0.5) is 0 Å². The number of ketones is 1. The van der Waals surface area contributed by atoms with Crippen molar-refractivity contribution in [3.05, 3.63) is 29.8 Å². The molecule has 112 valence electrons. The van der Waals surface area contributed by atoms with Gasteiger partial charge in [-0.15, -0.1) is 0 Å². The molecule has 0 fully saturated rings. The van der Waals surface area contributed by atoms with Crippen molar-refractivity contribution in [2.75, 3.05) is 17.8 Å². The van der Waals surface area contributed by atoms with E-state index in [4.69, 9.17) is 0 Å². The van der Waals surface area contributed by atoms with Crippen molar-refractivity contribution in [2.45, 2.75) is 24.7 Å². The lowest BCUT2D eigenvalue weighted by molar-refractivity contribution is 0.0982. The Bertz CT molecular complexity index is 687. The van der Waals surface area contributed by atoms with Crippen LogP contribution in [0, 0.1) is 0 Å². The van der Waals surface area contributed by atoms with Crippen LogP contribution in [0.1, 0.15) is 30.1 Å². The molecule has 20 heavy (non-hydrogen) atoms. The lowest BCUT2D eigenvalue weighted by Crippen LogP contribution is -2.10.